The van der Waals surface area contributed by atoms with E-state index in [0.29, 0.717) is 55.7 Å². The molecule has 4 amide bonds. The largest absolute Gasteiger partial charge is 0.497 e. The molecule has 3 aliphatic heterocycles. The van der Waals surface area contributed by atoms with Crippen LogP contribution in [0.15, 0.2) is 40.9 Å². The second-order valence-electron chi connectivity index (χ2n) is 17.0. The third-order valence-electron chi connectivity index (χ3n) is 12.2. The van der Waals surface area contributed by atoms with E-state index in [2.05, 4.69) is 5.32 Å². The minimum absolute atomic E-state index is 0.00511. The van der Waals surface area contributed by atoms with Gasteiger partial charge in [0.25, 0.3) is 0 Å². The standard InChI is InChI=1S/C44H67N5O8S/c1-12-27(5)38-43(54)49-19-13-14-35(49)44(55)57-37(25(2)3)21-26(4)20-36(50)29(7)40-45-32(24-58-40)22-28(6)39(51)46-34(23-31-15-17-33(56-11)18-16-31)42(53)47(9)30(8)41(52)48(38)10/h15-18,22,25-27,29-30,32,34-38,50H,12-14,19-21,23-24H2,1-11H3,(H,46,51)/t26-,27-,29-,30-,32-,34-,35-,36-,37-,38-/m0/s1. The molecule has 13 nitrogen and oxygen atoms in total. The average Bonchev–Trinajstić information content (AvgIpc) is 3.89. The number of rotatable bonds is 6. The first-order valence-electron chi connectivity index (χ1n) is 20.9. The number of thioether (sulfide) groups is 1. The SMILES string of the molecule is CC[C@H](C)[C@H]1C(=O)N2CCC[C@H]2C(=O)O[C@H](C(C)C)C[C@@H](C)C[C@H](O)[C@H](C)C2=N[C@@H](C=C(C)C(=O)N[C@@H](Cc3ccc(OC)cc3)C(=O)N(C)[C@@H](C)C(=O)N1C)CS2. The lowest BCUT2D eigenvalue weighted by atomic mass is 9.89. The first-order valence-corrected chi connectivity index (χ1v) is 21.9. The normalized spacial score (nSPS) is 30.9. The van der Waals surface area contributed by atoms with Crippen LogP contribution in [0.1, 0.15) is 93.1 Å². The maximum Gasteiger partial charge on any atom is 0.329 e. The molecule has 0 radical (unpaired) electrons. The fourth-order valence-electron chi connectivity index (χ4n) is 8.03. The summed E-state index contributed by atoms with van der Waals surface area (Å²) in [6.07, 6.45) is 3.52. The molecule has 2 bridgehead atoms. The number of aliphatic imine (C=N–C) groups is 1. The van der Waals surface area contributed by atoms with Crippen molar-refractivity contribution in [3.05, 3.63) is 41.5 Å². The molecule has 0 aromatic heterocycles. The first-order chi connectivity index (χ1) is 27.4. The number of hydrogen-bond donors (Lipinski definition) is 2. The number of likely N-dealkylation sites (N-methyl/N-ethyl adjacent to an activating group) is 2. The van der Waals surface area contributed by atoms with Crippen molar-refractivity contribution in [2.75, 3.05) is 33.5 Å². The Hall–Kier alpha value is -3.91. The molecule has 1 saturated heterocycles. The van der Waals surface area contributed by atoms with Gasteiger partial charge in [0.1, 0.15) is 36.0 Å². The third kappa shape index (κ3) is 11.4. The summed E-state index contributed by atoms with van der Waals surface area (Å²) in [6.45, 7) is 15.5. The quantitative estimate of drug-likeness (QED) is 0.382. The number of nitrogens with zero attached hydrogens (tertiary/aromatic N) is 4. The molecule has 2 N–H and O–H groups in total. The highest BCUT2D eigenvalue weighted by Gasteiger charge is 2.44. The highest BCUT2D eigenvalue weighted by molar-refractivity contribution is 8.14. The Morgan fingerprint density at radius 3 is 2.28 bits per heavy atom. The molecule has 1 aromatic carbocycles. The number of methoxy groups -OCH3 is 1. The van der Waals surface area contributed by atoms with Gasteiger partial charge < -0.3 is 34.6 Å². The van der Waals surface area contributed by atoms with Crippen molar-refractivity contribution in [1.29, 1.82) is 0 Å². The molecule has 322 valence electrons. The number of ether oxygens (including phenoxy) is 2. The molecular weight excluding hydrogens is 759 g/mol. The van der Waals surface area contributed by atoms with E-state index in [1.165, 1.54) is 16.8 Å². The Bertz CT molecular complexity index is 1680. The Balaban J connectivity index is 1.73. The van der Waals surface area contributed by atoms with Gasteiger partial charge in [0.2, 0.25) is 23.6 Å². The fraction of sp³-hybridized carbons (Fsp3) is 0.682. The van der Waals surface area contributed by atoms with E-state index in [4.69, 9.17) is 14.5 Å². The number of hydrogen-bond acceptors (Lipinski definition) is 10. The van der Waals surface area contributed by atoms with E-state index < -0.39 is 60.1 Å². The van der Waals surface area contributed by atoms with Gasteiger partial charge >= 0.3 is 5.97 Å². The molecule has 3 aliphatic rings. The summed E-state index contributed by atoms with van der Waals surface area (Å²) in [4.78, 5) is 80.1. The molecule has 58 heavy (non-hydrogen) atoms. The van der Waals surface area contributed by atoms with Crippen molar-refractivity contribution in [2.24, 2.45) is 28.7 Å². The second-order valence-corrected chi connectivity index (χ2v) is 18.1. The molecule has 0 unspecified atom stereocenters. The number of aliphatic hydroxyl groups excluding tert-OH is 1. The lowest BCUT2D eigenvalue weighted by Gasteiger charge is -2.38. The van der Waals surface area contributed by atoms with Crippen LogP contribution in [0.5, 0.6) is 5.75 Å². The molecule has 1 fully saturated rings. The second kappa shape index (κ2) is 20.9. The van der Waals surface area contributed by atoms with Gasteiger partial charge in [-0.05, 0) is 75.0 Å². The number of fused-ring (bicyclic) bond motifs is 2. The summed E-state index contributed by atoms with van der Waals surface area (Å²) in [6, 6.07) is 3.22. The smallest absolute Gasteiger partial charge is 0.329 e. The van der Waals surface area contributed by atoms with Crippen LogP contribution in [0, 0.1) is 23.7 Å². The minimum atomic E-state index is -1.03. The Kier molecular flexibility index (Phi) is 16.8. The number of carbonyl (C=O) groups is 5. The molecule has 0 saturated carbocycles. The van der Waals surface area contributed by atoms with Gasteiger partial charge in [0.15, 0.2) is 0 Å². The van der Waals surface area contributed by atoms with Crippen molar-refractivity contribution < 1.29 is 38.6 Å². The lowest BCUT2D eigenvalue weighted by Crippen LogP contribution is -2.59. The predicted octanol–water partition coefficient (Wildman–Crippen LogP) is 4.89. The number of nitrogens with one attached hydrogen (secondary N) is 1. The van der Waals surface area contributed by atoms with E-state index in [-0.39, 0.29) is 42.0 Å². The molecular formula is C44H67N5O8S. The predicted molar refractivity (Wildman–Crippen MR) is 227 cm³/mol. The number of benzene rings is 1. The van der Waals surface area contributed by atoms with Gasteiger partial charge in [0.05, 0.1) is 24.3 Å². The van der Waals surface area contributed by atoms with E-state index >= 15 is 0 Å². The van der Waals surface area contributed by atoms with Crippen LogP contribution in [0.2, 0.25) is 0 Å². The summed E-state index contributed by atoms with van der Waals surface area (Å²) in [5, 5.41) is 15.1. The van der Waals surface area contributed by atoms with E-state index in [0.717, 1.165) is 10.6 Å². The fourth-order valence-corrected chi connectivity index (χ4v) is 9.17. The number of carbonyl (C=O) groups excluding carboxylic acids is 5. The van der Waals surface area contributed by atoms with Gasteiger partial charge in [-0.15, -0.1) is 11.8 Å². The van der Waals surface area contributed by atoms with Gasteiger partial charge in [0, 0.05) is 44.3 Å². The van der Waals surface area contributed by atoms with Crippen LogP contribution >= 0.6 is 11.8 Å². The highest BCUT2D eigenvalue weighted by Crippen LogP contribution is 2.31. The Morgan fingerprint density at radius 1 is 0.983 bits per heavy atom. The van der Waals surface area contributed by atoms with Crippen LogP contribution < -0.4 is 10.1 Å². The molecule has 10 atom stereocenters. The molecule has 14 heteroatoms. The van der Waals surface area contributed by atoms with Gasteiger partial charge in [-0.25, -0.2) is 4.79 Å². The van der Waals surface area contributed by atoms with E-state index in [1.807, 2.05) is 53.7 Å². The molecule has 3 heterocycles. The van der Waals surface area contributed by atoms with Crippen molar-refractivity contribution in [2.45, 2.75) is 136 Å². The topological polar surface area (TPSA) is 158 Å². The molecule has 4 rings (SSSR count). The number of amides is 4. The number of aliphatic hydroxyl groups is 1. The monoisotopic (exact) mass is 825 g/mol. The van der Waals surface area contributed by atoms with Crippen LogP contribution in [0.3, 0.4) is 0 Å². The van der Waals surface area contributed by atoms with Gasteiger partial charge in [-0.1, -0.05) is 66.2 Å². The first kappa shape index (κ1) is 46.8. The highest BCUT2D eigenvalue weighted by atomic mass is 32.2. The number of cyclic esters (lactones) is 1. The zero-order valence-electron chi connectivity index (χ0n) is 36.4. The zero-order valence-corrected chi connectivity index (χ0v) is 37.2. The molecule has 1 aromatic rings. The number of esters is 1. The maximum absolute atomic E-state index is 14.5. The average molecular weight is 826 g/mol. The van der Waals surface area contributed by atoms with Crippen LogP contribution in [-0.4, -0.2) is 130 Å². The summed E-state index contributed by atoms with van der Waals surface area (Å²) < 4.78 is 11.5. The zero-order chi connectivity index (χ0) is 43.0. The Morgan fingerprint density at radius 2 is 1.66 bits per heavy atom. The summed E-state index contributed by atoms with van der Waals surface area (Å²) >= 11 is 1.56. The lowest BCUT2D eigenvalue weighted by molar-refractivity contribution is -0.163. The van der Waals surface area contributed by atoms with Crippen LogP contribution in [0.4, 0.5) is 0 Å². The van der Waals surface area contributed by atoms with Crippen LogP contribution in [-0.2, 0) is 35.1 Å². The summed E-state index contributed by atoms with van der Waals surface area (Å²) in [5.74, 6) is -1.35. The minimum Gasteiger partial charge on any atom is -0.497 e. The van der Waals surface area contributed by atoms with Crippen molar-refractivity contribution in [3.63, 3.8) is 0 Å². The molecule has 0 aliphatic carbocycles. The van der Waals surface area contributed by atoms with Gasteiger partial charge in [-0.2, -0.15) is 0 Å². The van der Waals surface area contributed by atoms with E-state index in [1.54, 1.807) is 62.9 Å². The summed E-state index contributed by atoms with van der Waals surface area (Å²) in [5.41, 5.74) is 1.17. The van der Waals surface area contributed by atoms with E-state index in [9.17, 15) is 29.1 Å². The Labute approximate surface area is 349 Å². The maximum atomic E-state index is 14.5. The third-order valence-corrected chi connectivity index (χ3v) is 13.5. The van der Waals surface area contributed by atoms with Crippen molar-refractivity contribution in [3.8, 4) is 5.75 Å². The van der Waals surface area contributed by atoms with Crippen molar-refractivity contribution >= 4 is 46.4 Å². The van der Waals surface area contributed by atoms with Crippen LogP contribution in [0.25, 0.3) is 0 Å². The summed E-state index contributed by atoms with van der Waals surface area (Å²) in [7, 11) is 4.67. The van der Waals surface area contributed by atoms with Gasteiger partial charge in [-0.3, -0.25) is 24.2 Å². The molecule has 0 spiro atoms. The van der Waals surface area contributed by atoms with Crippen molar-refractivity contribution in [1.82, 2.24) is 20.0 Å².